The number of rotatable bonds is 3. The maximum Gasteiger partial charge on any atom is 0.253 e. The molecule has 0 saturated carbocycles. The number of nitrogens with zero attached hydrogens (tertiary/aromatic N) is 3. The fraction of sp³-hybridized carbons (Fsp3) is 0.263. The summed E-state index contributed by atoms with van der Waals surface area (Å²) in [7, 11) is 0. The van der Waals surface area contributed by atoms with Crippen molar-refractivity contribution in [2.75, 3.05) is 26.2 Å². The zero-order chi connectivity index (χ0) is 16.9. The Morgan fingerprint density at radius 2 is 1.62 bits per heavy atom. The van der Waals surface area contributed by atoms with Gasteiger partial charge in [-0.05, 0) is 42.0 Å². The van der Waals surface area contributed by atoms with Gasteiger partial charge < -0.3 is 4.90 Å². The molecule has 3 rings (SSSR count). The van der Waals surface area contributed by atoms with Gasteiger partial charge in [0.15, 0.2) is 0 Å². The van der Waals surface area contributed by atoms with Crippen LogP contribution >= 0.6 is 15.9 Å². The zero-order valence-electron chi connectivity index (χ0n) is 13.3. The van der Waals surface area contributed by atoms with Crippen LogP contribution in [0.2, 0.25) is 0 Å². The first kappa shape index (κ1) is 16.7. The number of benzene rings is 2. The van der Waals surface area contributed by atoms with Gasteiger partial charge in [0.2, 0.25) is 0 Å². The summed E-state index contributed by atoms with van der Waals surface area (Å²) in [6, 6.07) is 17.3. The van der Waals surface area contributed by atoms with E-state index in [0.29, 0.717) is 5.56 Å². The molecule has 5 heteroatoms. The normalized spacial score (nSPS) is 15.1. The van der Waals surface area contributed by atoms with Crippen molar-refractivity contribution in [3.63, 3.8) is 0 Å². The Balaban J connectivity index is 1.54. The number of hydrogen-bond acceptors (Lipinski definition) is 3. The standard InChI is InChI=1S/C19H18BrN3O/c20-18-7-5-17(6-8-18)19(24)23-11-9-22(10-12-23)14-16-3-1-15(13-21)2-4-16/h1-8H,9-12,14H2. The third-order valence-corrected chi connectivity index (χ3v) is 4.77. The summed E-state index contributed by atoms with van der Waals surface area (Å²) in [5.74, 6) is 0.0977. The van der Waals surface area contributed by atoms with Gasteiger partial charge in [-0.3, -0.25) is 9.69 Å². The summed E-state index contributed by atoms with van der Waals surface area (Å²) in [6.45, 7) is 4.06. The minimum atomic E-state index is 0.0977. The second-order valence-electron chi connectivity index (χ2n) is 5.88. The maximum absolute atomic E-state index is 12.5. The lowest BCUT2D eigenvalue weighted by atomic mass is 10.1. The van der Waals surface area contributed by atoms with E-state index in [1.165, 1.54) is 5.56 Å². The van der Waals surface area contributed by atoms with Gasteiger partial charge in [0.1, 0.15) is 0 Å². The summed E-state index contributed by atoms with van der Waals surface area (Å²) in [5.41, 5.74) is 2.61. The Bertz CT molecular complexity index is 742. The fourth-order valence-corrected chi connectivity index (χ4v) is 3.09. The van der Waals surface area contributed by atoms with Crippen LogP contribution in [-0.4, -0.2) is 41.9 Å². The van der Waals surface area contributed by atoms with Crippen LogP contribution in [0.15, 0.2) is 53.0 Å². The molecule has 1 aliphatic rings. The molecule has 0 bridgehead atoms. The highest BCUT2D eigenvalue weighted by atomic mass is 79.9. The highest BCUT2D eigenvalue weighted by molar-refractivity contribution is 9.10. The SMILES string of the molecule is N#Cc1ccc(CN2CCN(C(=O)c3ccc(Br)cc3)CC2)cc1. The van der Waals surface area contributed by atoms with E-state index < -0.39 is 0 Å². The van der Waals surface area contributed by atoms with Crippen LogP contribution in [-0.2, 0) is 6.54 Å². The molecule has 1 heterocycles. The quantitative estimate of drug-likeness (QED) is 0.816. The van der Waals surface area contributed by atoms with E-state index in [-0.39, 0.29) is 5.91 Å². The largest absolute Gasteiger partial charge is 0.336 e. The van der Waals surface area contributed by atoms with E-state index in [9.17, 15) is 4.79 Å². The molecule has 0 spiro atoms. The molecule has 2 aromatic rings. The molecule has 1 amide bonds. The van der Waals surface area contributed by atoms with Crippen molar-refractivity contribution in [2.24, 2.45) is 0 Å². The van der Waals surface area contributed by atoms with Crippen molar-refractivity contribution >= 4 is 21.8 Å². The molecule has 0 radical (unpaired) electrons. The lowest BCUT2D eigenvalue weighted by Gasteiger charge is -2.34. The van der Waals surface area contributed by atoms with Crippen LogP contribution in [0.1, 0.15) is 21.5 Å². The molecule has 0 aromatic heterocycles. The minimum Gasteiger partial charge on any atom is -0.336 e. The maximum atomic E-state index is 12.5. The summed E-state index contributed by atoms with van der Waals surface area (Å²) < 4.78 is 0.978. The van der Waals surface area contributed by atoms with Crippen molar-refractivity contribution in [3.8, 4) is 6.07 Å². The Morgan fingerprint density at radius 3 is 2.21 bits per heavy atom. The van der Waals surface area contributed by atoms with Gasteiger partial charge in [-0.1, -0.05) is 28.1 Å². The first-order valence-corrected chi connectivity index (χ1v) is 8.71. The number of carbonyl (C=O) groups excluding carboxylic acids is 1. The zero-order valence-corrected chi connectivity index (χ0v) is 14.9. The first-order chi connectivity index (χ1) is 11.7. The highest BCUT2D eigenvalue weighted by Crippen LogP contribution is 2.15. The number of nitriles is 1. The van der Waals surface area contributed by atoms with Crippen molar-refractivity contribution in [2.45, 2.75) is 6.54 Å². The van der Waals surface area contributed by atoms with Crippen LogP contribution in [0.3, 0.4) is 0 Å². The average molecular weight is 384 g/mol. The monoisotopic (exact) mass is 383 g/mol. The minimum absolute atomic E-state index is 0.0977. The van der Waals surface area contributed by atoms with Gasteiger partial charge >= 0.3 is 0 Å². The number of halogens is 1. The van der Waals surface area contributed by atoms with Gasteiger partial charge in [0, 0.05) is 42.8 Å². The van der Waals surface area contributed by atoms with Crippen molar-refractivity contribution in [1.29, 1.82) is 5.26 Å². The topological polar surface area (TPSA) is 47.3 Å². The number of piperazine rings is 1. The Morgan fingerprint density at radius 1 is 1.00 bits per heavy atom. The Kier molecular flexibility index (Phi) is 5.29. The van der Waals surface area contributed by atoms with Crippen LogP contribution < -0.4 is 0 Å². The fourth-order valence-electron chi connectivity index (χ4n) is 2.83. The lowest BCUT2D eigenvalue weighted by Crippen LogP contribution is -2.48. The second kappa shape index (κ2) is 7.61. The van der Waals surface area contributed by atoms with Gasteiger partial charge in [-0.15, -0.1) is 0 Å². The highest BCUT2D eigenvalue weighted by Gasteiger charge is 2.22. The summed E-state index contributed by atoms with van der Waals surface area (Å²) in [5, 5.41) is 8.84. The van der Waals surface area contributed by atoms with Crippen LogP contribution in [0.4, 0.5) is 0 Å². The van der Waals surface area contributed by atoms with Crippen molar-refractivity contribution in [3.05, 3.63) is 69.7 Å². The van der Waals surface area contributed by atoms with E-state index in [2.05, 4.69) is 26.9 Å². The van der Waals surface area contributed by atoms with E-state index in [1.54, 1.807) is 0 Å². The number of amides is 1. The predicted molar refractivity (Wildman–Crippen MR) is 96.5 cm³/mol. The van der Waals surface area contributed by atoms with Crippen LogP contribution in [0.25, 0.3) is 0 Å². The van der Waals surface area contributed by atoms with Gasteiger partial charge in [0.05, 0.1) is 11.6 Å². The van der Waals surface area contributed by atoms with Crippen LogP contribution in [0, 0.1) is 11.3 Å². The first-order valence-electron chi connectivity index (χ1n) is 7.92. The van der Waals surface area contributed by atoms with Crippen LogP contribution in [0.5, 0.6) is 0 Å². The van der Waals surface area contributed by atoms with Gasteiger partial charge in [-0.2, -0.15) is 5.26 Å². The van der Waals surface area contributed by atoms with E-state index in [4.69, 9.17) is 5.26 Å². The molecule has 0 atom stereocenters. The summed E-state index contributed by atoms with van der Waals surface area (Å²) in [6.07, 6.45) is 0. The Labute approximate surface area is 150 Å². The molecule has 1 saturated heterocycles. The third-order valence-electron chi connectivity index (χ3n) is 4.24. The van der Waals surface area contributed by atoms with Gasteiger partial charge in [-0.25, -0.2) is 0 Å². The molecular weight excluding hydrogens is 366 g/mol. The molecule has 122 valence electrons. The smallest absolute Gasteiger partial charge is 0.253 e. The number of carbonyl (C=O) groups is 1. The molecule has 24 heavy (non-hydrogen) atoms. The molecule has 4 nitrogen and oxygen atoms in total. The van der Waals surface area contributed by atoms with Crippen molar-refractivity contribution in [1.82, 2.24) is 9.80 Å². The molecule has 0 N–H and O–H groups in total. The lowest BCUT2D eigenvalue weighted by molar-refractivity contribution is 0.0628. The summed E-state index contributed by atoms with van der Waals surface area (Å²) >= 11 is 3.39. The average Bonchev–Trinajstić information content (AvgIpc) is 2.63. The third kappa shape index (κ3) is 4.02. The predicted octanol–water partition coefficient (Wildman–Crippen LogP) is 3.28. The molecule has 0 aliphatic carbocycles. The van der Waals surface area contributed by atoms with E-state index in [0.717, 1.165) is 42.8 Å². The van der Waals surface area contributed by atoms with E-state index in [1.807, 2.05) is 53.4 Å². The van der Waals surface area contributed by atoms with E-state index >= 15 is 0 Å². The number of hydrogen-bond donors (Lipinski definition) is 0. The Hall–Kier alpha value is -2.16. The molecule has 1 aliphatic heterocycles. The van der Waals surface area contributed by atoms with Crippen molar-refractivity contribution < 1.29 is 4.79 Å². The molecule has 0 unspecified atom stereocenters. The molecule has 2 aromatic carbocycles. The van der Waals surface area contributed by atoms with Gasteiger partial charge in [0.25, 0.3) is 5.91 Å². The summed E-state index contributed by atoms with van der Waals surface area (Å²) in [4.78, 5) is 16.8. The molecular formula is C19H18BrN3O. The molecule has 1 fully saturated rings. The second-order valence-corrected chi connectivity index (χ2v) is 6.80.